The van der Waals surface area contributed by atoms with Gasteiger partial charge in [0.05, 0.1) is 18.7 Å². The van der Waals surface area contributed by atoms with Crippen molar-refractivity contribution in [1.82, 2.24) is 4.90 Å². The maximum absolute atomic E-state index is 12.8. The summed E-state index contributed by atoms with van der Waals surface area (Å²) in [7, 11) is 0. The first-order valence-corrected chi connectivity index (χ1v) is 4.58. The van der Waals surface area contributed by atoms with E-state index >= 15 is 0 Å². The molecule has 3 atom stereocenters. The van der Waals surface area contributed by atoms with Crippen LogP contribution in [0.2, 0.25) is 0 Å². The Morgan fingerprint density at radius 2 is 2.29 bits per heavy atom. The number of amides is 1. The summed E-state index contributed by atoms with van der Waals surface area (Å²) in [6.07, 6.45) is -1.22. The summed E-state index contributed by atoms with van der Waals surface area (Å²) in [5, 5.41) is 8.57. The van der Waals surface area contributed by atoms with Crippen molar-refractivity contribution in [2.75, 3.05) is 6.54 Å². The molecule has 0 saturated carbocycles. The van der Waals surface area contributed by atoms with Crippen LogP contribution in [0.15, 0.2) is 0 Å². The molecule has 0 aliphatic carbocycles. The van der Waals surface area contributed by atoms with Gasteiger partial charge < -0.3 is 10.6 Å². The van der Waals surface area contributed by atoms with Crippen molar-refractivity contribution < 1.29 is 9.18 Å². The highest BCUT2D eigenvalue weighted by atomic mass is 19.1. The largest absolute Gasteiger partial charge is 0.320 e. The quantitative estimate of drug-likeness (QED) is 0.682. The molecule has 78 valence electrons. The lowest BCUT2D eigenvalue weighted by atomic mass is 9.97. The van der Waals surface area contributed by atoms with Crippen LogP contribution < -0.4 is 5.73 Å². The second kappa shape index (κ2) is 3.93. The highest BCUT2D eigenvalue weighted by Gasteiger charge is 2.44. The first-order chi connectivity index (χ1) is 6.49. The number of hydrogen-bond donors (Lipinski definition) is 1. The number of hydrogen-bond acceptors (Lipinski definition) is 3. The van der Waals surface area contributed by atoms with Gasteiger partial charge >= 0.3 is 0 Å². The number of rotatable bonds is 2. The topological polar surface area (TPSA) is 70.1 Å². The molecule has 1 amide bonds. The zero-order valence-corrected chi connectivity index (χ0v) is 8.27. The maximum Gasteiger partial charge on any atom is 0.241 e. The molecular formula is C9H14FN3O. The molecular weight excluding hydrogens is 185 g/mol. The molecule has 1 aliphatic rings. The van der Waals surface area contributed by atoms with Gasteiger partial charge in [-0.15, -0.1) is 0 Å². The van der Waals surface area contributed by atoms with Gasteiger partial charge in [0.2, 0.25) is 5.91 Å². The number of likely N-dealkylation sites (tertiary alicyclic amines) is 1. The summed E-state index contributed by atoms with van der Waals surface area (Å²) < 4.78 is 12.8. The van der Waals surface area contributed by atoms with E-state index in [0.29, 0.717) is 0 Å². The molecule has 0 radical (unpaired) electrons. The van der Waals surface area contributed by atoms with Gasteiger partial charge in [0.25, 0.3) is 0 Å². The number of carbonyl (C=O) groups is 1. The van der Waals surface area contributed by atoms with Crippen LogP contribution in [0.3, 0.4) is 0 Å². The van der Waals surface area contributed by atoms with E-state index in [1.54, 1.807) is 6.07 Å². The molecule has 0 spiro atoms. The van der Waals surface area contributed by atoms with Crippen molar-refractivity contribution in [3.05, 3.63) is 0 Å². The molecule has 0 bridgehead atoms. The fourth-order valence-corrected chi connectivity index (χ4v) is 1.31. The average Bonchev–Trinajstić information content (AvgIpc) is 2.12. The minimum absolute atomic E-state index is 0.000467. The minimum atomic E-state index is -1.22. The van der Waals surface area contributed by atoms with E-state index in [9.17, 15) is 9.18 Å². The number of nitrogens with zero attached hydrogens (tertiary/aromatic N) is 2. The fraction of sp³-hybridized carbons (Fsp3) is 0.778. The maximum atomic E-state index is 12.8. The molecule has 1 heterocycles. The number of nitriles is 1. The van der Waals surface area contributed by atoms with Crippen LogP contribution in [0.1, 0.15) is 13.8 Å². The van der Waals surface area contributed by atoms with Crippen molar-refractivity contribution in [2.45, 2.75) is 32.1 Å². The fourth-order valence-electron chi connectivity index (χ4n) is 1.31. The third-order valence-corrected chi connectivity index (χ3v) is 2.47. The van der Waals surface area contributed by atoms with E-state index in [0.717, 1.165) is 0 Å². The van der Waals surface area contributed by atoms with E-state index in [-0.39, 0.29) is 18.4 Å². The van der Waals surface area contributed by atoms with Crippen LogP contribution in [-0.4, -0.2) is 35.6 Å². The lowest BCUT2D eigenvalue weighted by Crippen LogP contribution is -2.63. The number of carbonyl (C=O) groups excluding carboxylic acids is 1. The molecule has 2 N–H and O–H groups in total. The van der Waals surface area contributed by atoms with E-state index in [1.807, 2.05) is 13.8 Å². The predicted octanol–water partition coefficient (Wildman–Crippen LogP) is 0.0422. The van der Waals surface area contributed by atoms with Crippen LogP contribution in [0.4, 0.5) is 4.39 Å². The summed E-state index contributed by atoms with van der Waals surface area (Å²) in [6.45, 7) is 3.63. The second-order valence-corrected chi connectivity index (χ2v) is 3.85. The van der Waals surface area contributed by atoms with E-state index in [4.69, 9.17) is 11.0 Å². The van der Waals surface area contributed by atoms with Gasteiger partial charge in [0, 0.05) is 0 Å². The van der Waals surface area contributed by atoms with E-state index in [2.05, 4.69) is 0 Å². The summed E-state index contributed by atoms with van der Waals surface area (Å²) >= 11 is 0. The molecule has 0 aromatic carbocycles. The Morgan fingerprint density at radius 3 is 2.64 bits per heavy atom. The molecule has 4 nitrogen and oxygen atoms in total. The molecule has 1 aliphatic heterocycles. The average molecular weight is 199 g/mol. The Balaban J connectivity index is 2.60. The van der Waals surface area contributed by atoms with Crippen LogP contribution in [-0.2, 0) is 4.79 Å². The molecule has 1 saturated heterocycles. The number of nitrogens with two attached hydrogens (primary N) is 1. The van der Waals surface area contributed by atoms with Crippen LogP contribution in [0.25, 0.3) is 0 Å². The molecule has 0 aromatic rings. The minimum Gasteiger partial charge on any atom is -0.320 e. The molecule has 1 fully saturated rings. The highest BCUT2D eigenvalue weighted by molar-refractivity contribution is 5.83. The van der Waals surface area contributed by atoms with Crippen LogP contribution in [0, 0.1) is 17.2 Å². The van der Waals surface area contributed by atoms with Crippen molar-refractivity contribution in [3.63, 3.8) is 0 Å². The third-order valence-electron chi connectivity index (χ3n) is 2.47. The van der Waals surface area contributed by atoms with Crippen molar-refractivity contribution >= 4 is 5.91 Å². The van der Waals surface area contributed by atoms with Crippen LogP contribution >= 0.6 is 0 Å². The lowest BCUT2D eigenvalue weighted by Gasteiger charge is -2.41. The van der Waals surface area contributed by atoms with E-state index in [1.165, 1.54) is 4.90 Å². The Hall–Kier alpha value is -1.15. The van der Waals surface area contributed by atoms with Gasteiger partial charge in [-0.1, -0.05) is 13.8 Å². The zero-order chi connectivity index (χ0) is 10.9. The first kappa shape index (κ1) is 10.9. The van der Waals surface area contributed by atoms with Gasteiger partial charge in [-0.2, -0.15) is 5.26 Å². The zero-order valence-electron chi connectivity index (χ0n) is 8.27. The van der Waals surface area contributed by atoms with Crippen molar-refractivity contribution in [3.8, 4) is 6.07 Å². The molecule has 0 aromatic heterocycles. The molecule has 14 heavy (non-hydrogen) atoms. The summed E-state index contributed by atoms with van der Waals surface area (Å²) in [5.74, 6) is -0.332. The Bertz CT molecular complexity index is 274. The predicted molar refractivity (Wildman–Crippen MR) is 48.8 cm³/mol. The summed E-state index contributed by atoms with van der Waals surface area (Å²) in [6, 6.07) is 0.172. The first-order valence-electron chi connectivity index (χ1n) is 4.58. The van der Waals surface area contributed by atoms with Gasteiger partial charge in [0.1, 0.15) is 0 Å². The number of halogens is 1. The van der Waals surface area contributed by atoms with Crippen LogP contribution in [0.5, 0.6) is 0 Å². The van der Waals surface area contributed by atoms with Gasteiger partial charge in [-0.25, -0.2) is 4.39 Å². The standard InChI is InChI=1S/C9H14FN3O/c1-5(2)8(12)9(14)13-4-6(10)7(13)3-11/h5-8H,4,12H2,1-2H3/t6?,7?,8-/m0/s1. The van der Waals surface area contributed by atoms with Crippen molar-refractivity contribution in [1.29, 1.82) is 5.26 Å². The van der Waals surface area contributed by atoms with E-state index < -0.39 is 18.3 Å². The second-order valence-electron chi connectivity index (χ2n) is 3.85. The Labute approximate surface area is 82.5 Å². The number of alkyl halides is 1. The summed E-state index contributed by atoms with van der Waals surface area (Å²) in [5.41, 5.74) is 5.61. The lowest BCUT2D eigenvalue weighted by molar-refractivity contribution is -0.144. The Morgan fingerprint density at radius 1 is 1.71 bits per heavy atom. The molecule has 2 unspecified atom stereocenters. The SMILES string of the molecule is CC(C)[C@H](N)C(=O)N1CC(F)C1C#N. The van der Waals surface area contributed by atoms with Gasteiger partial charge in [-0.05, 0) is 5.92 Å². The third kappa shape index (κ3) is 1.70. The smallest absolute Gasteiger partial charge is 0.241 e. The monoisotopic (exact) mass is 199 g/mol. The molecule has 1 rings (SSSR count). The summed E-state index contributed by atoms with van der Waals surface area (Å²) in [4.78, 5) is 12.8. The van der Waals surface area contributed by atoms with Gasteiger partial charge in [0.15, 0.2) is 12.2 Å². The van der Waals surface area contributed by atoms with Gasteiger partial charge in [-0.3, -0.25) is 4.79 Å². The highest BCUT2D eigenvalue weighted by Crippen LogP contribution is 2.22. The van der Waals surface area contributed by atoms with Crippen molar-refractivity contribution in [2.24, 2.45) is 11.7 Å². The Kier molecular flexibility index (Phi) is 3.06. The molecule has 5 heteroatoms. The normalized spacial score (nSPS) is 28.1.